The molecule has 1 aliphatic carbocycles. The van der Waals surface area contributed by atoms with Gasteiger partial charge < -0.3 is 10.6 Å². The predicted octanol–water partition coefficient (Wildman–Crippen LogP) is 2.90. The van der Waals surface area contributed by atoms with Crippen molar-refractivity contribution in [1.29, 1.82) is 0 Å². The average molecular weight is 294 g/mol. The van der Waals surface area contributed by atoms with Crippen molar-refractivity contribution in [3.63, 3.8) is 0 Å². The fourth-order valence-corrected chi connectivity index (χ4v) is 3.26. The molecule has 5 heteroatoms. The number of benzene rings is 1. The van der Waals surface area contributed by atoms with Crippen LogP contribution in [-0.4, -0.2) is 15.9 Å². The smallest absolute Gasteiger partial charge is 0.228 e. The predicted molar refractivity (Wildman–Crippen MR) is 85.5 cm³/mol. The van der Waals surface area contributed by atoms with Crippen LogP contribution in [0.3, 0.4) is 0 Å². The van der Waals surface area contributed by atoms with Crippen molar-refractivity contribution in [2.45, 2.75) is 39.0 Å². The van der Waals surface area contributed by atoms with E-state index in [1.807, 2.05) is 25.1 Å². The Balaban J connectivity index is 1.68. The Morgan fingerprint density at radius 2 is 2.05 bits per heavy atom. The molecule has 4 rings (SSSR count). The molecule has 0 bridgehead atoms. The minimum Gasteiger partial charge on any atom is -0.340 e. The van der Waals surface area contributed by atoms with E-state index in [2.05, 4.69) is 20.6 Å². The van der Waals surface area contributed by atoms with Gasteiger partial charge in [-0.25, -0.2) is 9.97 Å². The van der Waals surface area contributed by atoms with Crippen LogP contribution in [0.5, 0.6) is 0 Å². The van der Waals surface area contributed by atoms with Gasteiger partial charge in [0.2, 0.25) is 5.91 Å². The van der Waals surface area contributed by atoms with E-state index in [0.29, 0.717) is 6.42 Å². The topological polar surface area (TPSA) is 66.9 Å². The summed E-state index contributed by atoms with van der Waals surface area (Å²) < 4.78 is 0. The number of fused-ring (bicyclic) bond motifs is 2. The van der Waals surface area contributed by atoms with Crippen molar-refractivity contribution in [3.8, 4) is 0 Å². The standard InChI is InChI=1S/C17H18N4O/c1-10-18-15-5-3-2-4-13(15)17(19-10)20-12-6-7-14-11(8-12)9-16(22)21-14/h6-8H,2-5,9H2,1H3,(H,21,22)(H,18,19,20). The Bertz CT molecular complexity index is 769. The van der Waals surface area contributed by atoms with Crippen molar-refractivity contribution in [3.05, 3.63) is 40.8 Å². The molecule has 0 unspecified atom stereocenters. The Morgan fingerprint density at radius 1 is 1.18 bits per heavy atom. The SMILES string of the molecule is Cc1nc2c(c(Nc3ccc4c(c3)CC(=O)N4)n1)CCCC2. The van der Waals surface area contributed by atoms with Gasteiger partial charge in [0.15, 0.2) is 0 Å². The van der Waals surface area contributed by atoms with Crippen LogP contribution in [0, 0.1) is 6.92 Å². The lowest BCUT2D eigenvalue weighted by atomic mass is 9.96. The van der Waals surface area contributed by atoms with E-state index in [1.165, 1.54) is 24.1 Å². The highest BCUT2D eigenvalue weighted by atomic mass is 16.1. The van der Waals surface area contributed by atoms with Gasteiger partial charge in [-0.05, 0) is 56.4 Å². The van der Waals surface area contributed by atoms with E-state index in [4.69, 9.17) is 0 Å². The van der Waals surface area contributed by atoms with Gasteiger partial charge in [-0.3, -0.25) is 4.79 Å². The van der Waals surface area contributed by atoms with Crippen LogP contribution in [0.1, 0.15) is 35.5 Å². The van der Waals surface area contributed by atoms with Crippen molar-refractivity contribution in [1.82, 2.24) is 9.97 Å². The van der Waals surface area contributed by atoms with Crippen LogP contribution >= 0.6 is 0 Å². The molecule has 1 aromatic heterocycles. The van der Waals surface area contributed by atoms with Gasteiger partial charge in [0.1, 0.15) is 11.6 Å². The number of aromatic nitrogens is 2. The zero-order valence-corrected chi connectivity index (χ0v) is 12.6. The maximum absolute atomic E-state index is 11.5. The van der Waals surface area contributed by atoms with Crippen LogP contribution < -0.4 is 10.6 Å². The van der Waals surface area contributed by atoms with Gasteiger partial charge in [-0.1, -0.05) is 0 Å². The molecule has 112 valence electrons. The van der Waals surface area contributed by atoms with Crippen LogP contribution in [-0.2, 0) is 24.1 Å². The Morgan fingerprint density at radius 3 is 2.95 bits per heavy atom. The highest BCUT2D eigenvalue weighted by molar-refractivity contribution is 5.99. The number of carbonyl (C=O) groups is 1. The minimum absolute atomic E-state index is 0.0578. The highest BCUT2D eigenvalue weighted by Gasteiger charge is 2.19. The number of carbonyl (C=O) groups excluding carboxylic acids is 1. The third-order valence-electron chi connectivity index (χ3n) is 4.29. The zero-order chi connectivity index (χ0) is 15.1. The summed E-state index contributed by atoms with van der Waals surface area (Å²) in [5, 5.41) is 6.28. The summed E-state index contributed by atoms with van der Waals surface area (Å²) in [4.78, 5) is 20.6. The number of anilines is 3. The van der Waals surface area contributed by atoms with E-state index in [0.717, 1.165) is 41.4 Å². The molecular formula is C17H18N4O. The molecule has 22 heavy (non-hydrogen) atoms. The molecule has 0 saturated heterocycles. The number of hydrogen-bond acceptors (Lipinski definition) is 4. The monoisotopic (exact) mass is 294 g/mol. The molecule has 1 amide bonds. The average Bonchev–Trinajstić information content (AvgIpc) is 2.86. The Hall–Kier alpha value is -2.43. The van der Waals surface area contributed by atoms with Crippen molar-refractivity contribution >= 4 is 23.1 Å². The third-order valence-corrected chi connectivity index (χ3v) is 4.29. The summed E-state index contributed by atoms with van der Waals surface area (Å²) in [7, 11) is 0. The zero-order valence-electron chi connectivity index (χ0n) is 12.6. The number of hydrogen-bond donors (Lipinski definition) is 2. The number of aryl methyl sites for hydroxylation is 2. The van der Waals surface area contributed by atoms with E-state index in [9.17, 15) is 4.79 Å². The third kappa shape index (κ3) is 2.32. The number of nitrogens with one attached hydrogen (secondary N) is 2. The first-order valence-electron chi connectivity index (χ1n) is 7.75. The molecule has 2 aliphatic rings. The van der Waals surface area contributed by atoms with Gasteiger partial charge in [-0.15, -0.1) is 0 Å². The second-order valence-corrected chi connectivity index (χ2v) is 5.97. The maximum atomic E-state index is 11.5. The van der Waals surface area contributed by atoms with E-state index >= 15 is 0 Å². The molecule has 2 N–H and O–H groups in total. The minimum atomic E-state index is 0.0578. The summed E-state index contributed by atoms with van der Waals surface area (Å²) in [5.74, 6) is 1.78. The van der Waals surface area contributed by atoms with E-state index in [1.54, 1.807) is 0 Å². The molecule has 0 radical (unpaired) electrons. The summed E-state index contributed by atoms with van der Waals surface area (Å²) >= 11 is 0. The lowest BCUT2D eigenvalue weighted by Crippen LogP contribution is -2.12. The van der Waals surface area contributed by atoms with Crippen molar-refractivity contribution in [2.24, 2.45) is 0 Å². The maximum Gasteiger partial charge on any atom is 0.228 e. The lowest BCUT2D eigenvalue weighted by Gasteiger charge is -2.19. The summed E-state index contributed by atoms with van der Waals surface area (Å²) in [6, 6.07) is 5.96. The van der Waals surface area contributed by atoms with Crippen molar-refractivity contribution < 1.29 is 4.79 Å². The molecular weight excluding hydrogens is 276 g/mol. The second-order valence-electron chi connectivity index (χ2n) is 5.97. The van der Waals surface area contributed by atoms with Gasteiger partial charge in [0.25, 0.3) is 0 Å². The first kappa shape index (κ1) is 13.2. The summed E-state index contributed by atoms with van der Waals surface area (Å²) in [6.07, 6.45) is 4.91. The van der Waals surface area contributed by atoms with Crippen LogP contribution in [0.2, 0.25) is 0 Å². The van der Waals surface area contributed by atoms with E-state index < -0.39 is 0 Å². The quantitative estimate of drug-likeness (QED) is 0.893. The molecule has 1 aliphatic heterocycles. The fraction of sp³-hybridized carbons (Fsp3) is 0.353. The number of rotatable bonds is 2. The van der Waals surface area contributed by atoms with Crippen molar-refractivity contribution in [2.75, 3.05) is 10.6 Å². The van der Waals surface area contributed by atoms with Crippen LogP contribution in [0.15, 0.2) is 18.2 Å². The molecule has 1 aromatic carbocycles. The molecule has 5 nitrogen and oxygen atoms in total. The molecule has 2 heterocycles. The van der Waals surface area contributed by atoms with Crippen LogP contribution in [0.4, 0.5) is 17.2 Å². The van der Waals surface area contributed by atoms with Gasteiger partial charge in [0, 0.05) is 22.6 Å². The Kier molecular flexibility index (Phi) is 3.06. The number of amides is 1. The first-order valence-corrected chi connectivity index (χ1v) is 7.75. The molecule has 0 saturated carbocycles. The summed E-state index contributed by atoms with van der Waals surface area (Å²) in [5.41, 5.74) is 5.35. The number of nitrogens with zero attached hydrogens (tertiary/aromatic N) is 2. The lowest BCUT2D eigenvalue weighted by molar-refractivity contribution is -0.115. The highest BCUT2D eigenvalue weighted by Crippen LogP contribution is 2.30. The van der Waals surface area contributed by atoms with Gasteiger partial charge in [-0.2, -0.15) is 0 Å². The van der Waals surface area contributed by atoms with Gasteiger partial charge >= 0.3 is 0 Å². The first-order chi connectivity index (χ1) is 10.7. The second kappa shape index (κ2) is 5.09. The fourth-order valence-electron chi connectivity index (χ4n) is 3.26. The Labute approximate surface area is 129 Å². The molecule has 2 aromatic rings. The van der Waals surface area contributed by atoms with Crippen LogP contribution in [0.25, 0.3) is 0 Å². The largest absolute Gasteiger partial charge is 0.340 e. The van der Waals surface area contributed by atoms with Gasteiger partial charge in [0.05, 0.1) is 6.42 Å². The molecule has 0 fully saturated rings. The normalized spacial score (nSPS) is 16.0. The van der Waals surface area contributed by atoms with E-state index in [-0.39, 0.29) is 5.91 Å². The molecule has 0 atom stereocenters. The summed E-state index contributed by atoms with van der Waals surface area (Å²) in [6.45, 7) is 1.94. The molecule has 0 spiro atoms.